The molecule has 9 nitrogen and oxygen atoms in total. The van der Waals surface area contributed by atoms with E-state index in [1.54, 1.807) is 19.2 Å². The zero-order valence-electron chi connectivity index (χ0n) is 20.8. The van der Waals surface area contributed by atoms with Crippen molar-refractivity contribution < 1.29 is 23.5 Å². The van der Waals surface area contributed by atoms with Crippen LogP contribution in [0.15, 0.2) is 50.5 Å². The lowest BCUT2D eigenvalue weighted by Crippen LogP contribution is -2.56. The number of nitrogens with zero attached hydrogens (tertiary/aromatic N) is 3. The number of aromatic nitrogens is 1. The van der Waals surface area contributed by atoms with Gasteiger partial charge in [-0.25, -0.2) is 14.2 Å². The quantitative estimate of drug-likeness (QED) is 0.453. The minimum Gasteiger partial charge on any atom is -0.463 e. The van der Waals surface area contributed by atoms with Gasteiger partial charge in [-0.1, -0.05) is 22.0 Å². The molecule has 2 unspecified atom stereocenters. The van der Waals surface area contributed by atoms with E-state index in [0.29, 0.717) is 45.3 Å². The Morgan fingerprint density at radius 1 is 1.41 bits per heavy atom. The Hall–Kier alpha value is -2.67. The second kappa shape index (κ2) is 12.2. The third kappa shape index (κ3) is 6.43. The number of thiazole rings is 1. The number of hydrogen-bond donors (Lipinski definition) is 2. The van der Waals surface area contributed by atoms with Gasteiger partial charge < -0.3 is 20.1 Å². The van der Waals surface area contributed by atoms with E-state index in [2.05, 4.69) is 31.5 Å². The van der Waals surface area contributed by atoms with Crippen molar-refractivity contribution in [3.63, 3.8) is 0 Å². The summed E-state index contributed by atoms with van der Waals surface area (Å²) >= 11 is 4.84. The molecule has 198 valence electrons. The van der Waals surface area contributed by atoms with Crippen LogP contribution in [0, 0.1) is 5.82 Å². The van der Waals surface area contributed by atoms with Gasteiger partial charge in [0, 0.05) is 40.9 Å². The summed E-state index contributed by atoms with van der Waals surface area (Å²) in [6.45, 7) is 7.13. The van der Waals surface area contributed by atoms with Crippen molar-refractivity contribution in [2.75, 3.05) is 32.9 Å². The van der Waals surface area contributed by atoms with Crippen molar-refractivity contribution in [3.8, 4) is 0 Å². The number of halogens is 2. The first kappa shape index (κ1) is 27.4. The van der Waals surface area contributed by atoms with Gasteiger partial charge in [0.1, 0.15) is 17.9 Å². The highest BCUT2D eigenvalue weighted by Gasteiger charge is 2.37. The lowest BCUT2D eigenvalue weighted by molar-refractivity contribution is -0.139. The summed E-state index contributed by atoms with van der Waals surface area (Å²) in [5, 5.41) is 8.72. The number of carbonyl (C=O) groups excluding carboxylic acids is 2. The molecule has 0 saturated carbocycles. The molecule has 1 aromatic heterocycles. The molecule has 0 bridgehead atoms. The highest BCUT2D eigenvalue weighted by molar-refractivity contribution is 9.10. The summed E-state index contributed by atoms with van der Waals surface area (Å²) in [6.07, 6.45) is 1.67. The van der Waals surface area contributed by atoms with Gasteiger partial charge in [0.05, 0.1) is 25.4 Å². The summed E-state index contributed by atoms with van der Waals surface area (Å²) in [5.74, 6) is -0.612. The van der Waals surface area contributed by atoms with Gasteiger partial charge in [0.15, 0.2) is 10.8 Å². The highest BCUT2D eigenvalue weighted by atomic mass is 79.9. The van der Waals surface area contributed by atoms with Crippen molar-refractivity contribution >= 4 is 45.0 Å². The van der Waals surface area contributed by atoms with Gasteiger partial charge in [-0.15, -0.1) is 11.3 Å². The fourth-order valence-electron chi connectivity index (χ4n) is 4.22. The second-order valence-electron chi connectivity index (χ2n) is 8.85. The van der Waals surface area contributed by atoms with Gasteiger partial charge in [-0.2, -0.15) is 0 Å². The van der Waals surface area contributed by atoms with E-state index in [-0.39, 0.29) is 31.7 Å². The van der Waals surface area contributed by atoms with E-state index >= 15 is 0 Å². The third-order valence-electron chi connectivity index (χ3n) is 5.85. The highest BCUT2D eigenvalue weighted by Crippen LogP contribution is 2.37. The molecule has 12 heteroatoms. The van der Waals surface area contributed by atoms with Gasteiger partial charge in [-0.3, -0.25) is 14.7 Å². The van der Waals surface area contributed by atoms with Crippen LogP contribution in [0.5, 0.6) is 0 Å². The zero-order chi connectivity index (χ0) is 26.5. The number of amides is 1. The van der Waals surface area contributed by atoms with Crippen LogP contribution in [0.25, 0.3) is 0 Å². The molecule has 3 heterocycles. The first-order chi connectivity index (χ1) is 17.8. The maximum absolute atomic E-state index is 13.9. The van der Waals surface area contributed by atoms with Crippen LogP contribution in [-0.2, 0) is 19.1 Å². The Bertz CT molecular complexity index is 1200. The molecule has 1 amide bonds. The number of ether oxygens (including phenoxy) is 2. The van der Waals surface area contributed by atoms with Crippen LogP contribution in [0.1, 0.15) is 37.4 Å². The van der Waals surface area contributed by atoms with E-state index in [0.717, 1.165) is 0 Å². The van der Waals surface area contributed by atoms with Crippen LogP contribution in [0.3, 0.4) is 0 Å². The zero-order valence-corrected chi connectivity index (χ0v) is 23.2. The molecule has 4 rings (SSSR count). The Labute approximate surface area is 227 Å². The summed E-state index contributed by atoms with van der Waals surface area (Å²) < 4.78 is 25.5. The first-order valence-corrected chi connectivity index (χ1v) is 13.7. The van der Waals surface area contributed by atoms with Crippen molar-refractivity contribution in [3.05, 3.63) is 61.9 Å². The molecule has 1 saturated heterocycles. The van der Waals surface area contributed by atoms with Crippen LogP contribution >= 0.6 is 27.3 Å². The van der Waals surface area contributed by atoms with Crippen molar-refractivity contribution in [2.45, 2.75) is 38.9 Å². The molecule has 0 spiro atoms. The molecule has 0 aliphatic carbocycles. The topological polar surface area (TPSA) is 105 Å². The molecule has 2 aliphatic heterocycles. The van der Waals surface area contributed by atoms with Gasteiger partial charge in [0.25, 0.3) is 0 Å². The average molecular weight is 595 g/mol. The van der Waals surface area contributed by atoms with Crippen LogP contribution < -0.4 is 10.6 Å². The number of nitrogens with one attached hydrogen (secondary N) is 2. The van der Waals surface area contributed by atoms with Crippen LogP contribution in [-0.4, -0.2) is 72.6 Å². The van der Waals surface area contributed by atoms with Gasteiger partial charge in [0.2, 0.25) is 5.91 Å². The molecule has 2 aromatic rings. The lowest BCUT2D eigenvalue weighted by atomic mass is 9.95. The van der Waals surface area contributed by atoms with Crippen molar-refractivity contribution in [2.24, 2.45) is 4.99 Å². The molecule has 2 aliphatic rings. The second-order valence-corrected chi connectivity index (χ2v) is 10.6. The number of esters is 1. The monoisotopic (exact) mass is 593 g/mol. The summed E-state index contributed by atoms with van der Waals surface area (Å²) in [4.78, 5) is 37.5. The summed E-state index contributed by atoms with van der Waals surface area (Å²) in [7, 11) is 0. The van der Waals surface area contributed by atoms with Crippen molar-refractivity contribution in [1.29, 1.82) is 0 Å². The Balaban J connectivity index is 1.79. The molecule has 2 atom stereocenters. The number of amidine groups is 1. The predicted octanol–water partition coefficient (Wildman–Crippen LogP) is 3.18. The van der Waals surface area contributed by atoms with E-state index in [4.69, 9.17) is 14.5 Å². The molecule has 1 fully saturated rings. The standard InChI is InChI=1S/C25H29BrFN5O4S/c1-4-36-25(34)20-18(12-32-8-9-35-13-19(32)23(33)29-14(2)3)30-22(24-28-7-10-37-24)31-21(20)16-6-5-15(27)11-17(16)26/h5-7,10-11,14,19,21H,4,8-9,12-13H2,1-3H3,(H,29,33)(H,30,31). The number of carbonyl (C=O) groups is 2. The first-order valence-electron chi connectivity index (χ1n) is 12.0. The predicted molar refractivity (Wildman–Crippen MR) is 142 cm³/mol. The van der Waals surface area contributed by atoms with Gasteiger partial charge in [-0.05, 0) is 38.5 Å². The maximum atomic E-state index is 13.9. The smallest absolute Gasteiger partial charge is 0.338 e. The number of hydrogen-bond acceptors (Lipinski definition) is 9. The fraction of sp³-hybridized carbons (Fsp3) is 0.440. The molecular formula is C25H29BrFN5O4S. The van der Waals surface area contributed by atoms with Crippen molar-refractivity contribution in [1.82, 2.24) is 20.5 Å². The Morgan fingerprint density at radius 2 is 2.22 bits per heavy atom. The van der Waals surface area contributed by atoms with E-state index in [1.165, 1.54) is 23.5 Å². The minimum atomic E-state index is -0.784. The molecule has 1 aromatic carbocycles. The third-order valence-corrected chi connectivity index (χ3v) is 7.31. The molecular weight excluding hydrogens is 565 g/mol. The summed E-state index contributed by atoms with van der Waals surface area (Å²) in [5.41, 5.74) is 1.45. The van der Waals surface area contributed by atoms with Crippen LogP contribution in [0.4, 0.5) is 4.39 Å². The largest absolute Gasteiger partial charge is 0.463 e. The molecule has 37 heavy (non-hydrogen) atoms. The van der Waals surface area contributed by atoms with Gasteiger partial charge >= 0.3 is 5.97 Å². The Morgan fingerprint density at radius 3 is 2.89 bits per heavy atom. The molecule has 2 N–H and O–H groups in total. The number of rotatable bonds is 8. The van der Waals surface area contributed by atoms with E-state index in [9.17, 15) is 14.0 Å². The minimum absolute atomic E-state index is 0.0257. The lowest BCUT2D eigenvalue weighted by Gasteiger charge is -2.37. The summed E-state index contributed by atoms with van der Waals surface area (Å²) in [6, 6.07) is 2.93. The fourth-order valence-corrected chi connectivity index (χ4v) is 5.37. The molecule has 0 radical (unpaired) electrons. The maximum Gasteiger partial charge on any atom is 0.338 e. The van der Waals surface area contributed by atoms with E-state index in [1.807, 2.05) is 24.1 Å². The Kier molecular flexibility index (Phi) is 9.06. The van der Waals surface area contributed by atoms with Crippen LogP contribution in [0.2, 0.25) is 0 Å². The van der Waals surface area contributed by atoms with E-state index < -0.39 is 23.9 Å². The number of morpholine rings is 1. The number of benzene rings is 1. The number of aliphatic imine (C=N–C) groups is 1. The average Bonchev–Trinajstić information content (AvgIpc) is 3.39. The normalized spacial score (nSPS) is 20.4. The SMILES string of the molecule is CCOC(=O)C1=C(CN2CCOCC2C(=O)NC(C)C)NC(c2nccs2)=NC1c1ccc(F)cc1Br.